The molecule has 8 rings (SSSR count). The number of likely N-dealkylation sites (tertiary alicyclic amines) is 1. The zero-order chi connectivity index (χ0) is 57.8. The number of hydrogen-bond donors (Lipinski definition) is 4. The Bertz CT molecular complexity index is 2650. The lowest BCUT2D eigenvalue weighted by molar-refractivity contribution is -0.272. The number of nitrogens with zero attached hydrogens (tertiary/aromatic N) is 4. The fourth-order valence-electron chi connectivity index (χ4n) is 11.6. The second kappa shape index (κ2) is 27.6. The lowest BCUT2D eigenvalue weighted by Gasteiger charge is -2.32. The molecule has 0 bridgehead atoms. The van der Waals surface area contributed by atoms with Gasteiger partial charge in [-0.1, -0.05) is 19.1 Å². The van der Waals surface area contributed by atoms with Crippen molar-refractivity contribution in [2.45, 2.75) is 158 Å². The Labute approximate surface area is 469 Å². The van der Waals surface area contributed by atoms with Crippen LogP contribution in [0.4, 0.5) is 23.2 Å². The van der Waals surface area contributed by atoms with Crippen molar-refractivity contribution in [3.63, 3.8) is 0 Å². The first-order chi connectivity index (χ1) is 38.8. The van der Waals surface area contributed by atoms with Crippen LogP contribution in [-0.4, -0.2) is 146 Å². The third kappa shape index (κ3) is 15.6. The minimum Gasteiger partial charge on any atom is -0.490 e. The molecule has 23 heteroatoms. The molecule has 0 unspecified atom stereocenters. The third-order valence-corrected chi connectivity index (χ3v) is 16.6. The highest BCUT2D eigenvalue weighted by molar-refractivity contribution is 5.99. The number of hydrogen-bond acceptors (Lipinski definition) is 13. The summed E-state index contributed by atoms with van der Waals surface area (Å²) in [5, 5.41) is 9.02. The Hall–Kier alpha value is -6.30. The molecule has 81 heavy (non-hydrogen) atoms. The highest BCUT2D eigenvalue weighted by Crippen LogP contribution is 2.55. The Morgan fingerprint density at radius 1 is 0.852 bits per heavy atom. The highest BCUT2D eigenvalue weighted by atomic mass is 19.4. The number of benzene rings is 1. The highest BCUT2D eigenvalue weighted by Gasteiger charge is 2.66. The average Bonchev–Trinajstić information content (AvgIpc) is 3.34. The summed E-state index contributed by atoms with van der Waals surface area (Å²) in [5.74, 6) is -6.02. The van der Waals surface area contributed by atoms with Crippen LogP contribution in [0.25, 0.3) is 0 Å². The predicted molar refractivity (Wildman–Crippen MR) is 287 cm³/mol. The Morgan fingerprint density at radius 2 is 1.56 bits per heavy atom. The molecule has 2 saturated heterocycles. The van der Waals surface area contributed by atoms with E-state index < -0.39 is 53.3 Å². The Balaban J connectivity index is 0.699. The molecule has 2 aliphatic heterocycles. The first-order valence-electron chi connectivity index (χ1n) is 28.4. The molecule has 5 N–H and O–H groups in total. The third-order valence-electron chi connectivity index (χ3n) is 16.6. The first-order valence-corrected chi connectivity index (χ1v) is 28.4. The summed E-state index contributed by atoms with van der Waals surface area (Å²) < 4.78 is 88.9. The molecular weight excluding hydrogens is 1060 g/mol. The summed E-state index contributed by atoms with van der Waals surface area (Å²) in [6.07, 6.45) is 6.70. The van der Waals surface area contributed by atoms with Gasteiger partial charge in [0.1, 0.15) is 23.4 Å². The maximum Gasteiger partial charge on any atom is 0.417 e. The van der Waals surface area contributed by atoms with E-state index in [1.807, 2.05) is 6.07 Å². The Morgan fingerprint density at radius 3 is 2.23 bits per heavy atom. The van der Waals surface area contributed by atoms with Crippen molar-refractivity contribution in [3.05, 3.63) is 83.7 Å². The molecule has 19 nitrogen and oxygen atoms in total. The van der Waals surface area contributed by atoms with Crippen LogP contribution < -0.4 is 31.3 Å². The van der Waals surface area contributed by atoms with E-state index in [0.717, 1.165) is 50.3 Å². The first kappa shape index (κ1) is 60.8. The van der Waals surface area contributed by atoms with E-state index in [9.17, 15) is 46.3 Å². The number of carbonyl (C=O) groups excluding carboxylic acids is 6. The molecule has 5 fully saturated rings. The number of halogens is 4. The molecular formula is C58H76F4N8O11. The smallest absolute Gasteiger partial charge is 0.417 e. The van der Waals surface area contributed by atoms with Crippen LogP contribution in [0.3, 0.4) is 0 Å². The second-order valence-electron chi connectivity index (χ2n) is 22.2. The fraction of sp³-hybridized carbons (Fsp3) is 0.621. The number of nitrogens with one attached hydrogen (secondary N) is 3. The van der Waals surface area contributed by atoms with Gasteiger partial charge in [-0.2, -0.15) is 13.2 Å². The van der Waals surface area contributed by atoms with Gasteiger partial charge in [-0.05, 0) is 114 Å². The van der Waals surface area contributed by atoms with Gasteiger partial charge in [-0.15, -0.1) is 0 Å². The molecule has 1 aromatic carbocycles. The number of anilines is 1. The normalized spacial score (nSPS) is 26.7. The van der Waals surface area contributed by atoms with Crippen molar-refractivity contribution in [2.24, 2.45) is 23.5 Å². The van der Waals surface area contributed by atoms with Crippen molar-refractivity contribution in [3.8, 4) is 5.75 Å². The van der Waals surface area contributed by atoms with Gasteiger partial charge in [0.2, 0.25) is 23.6 Å². The van der Waals surface area contributed by atoms with Gasteiger partial charge in [-0.25, -0.2) is 4.39 Å². The molecule has 6 amide bonds. The molecule has 6 atom stereocenters. The number of rotatable bonds is 26. The average molecular weight is 1140 g/mol. The number of aromatic nitrogens is 2. The number of primary amides is 1. The minimum absolute atomic E-state index is 0.0248. The largest absolute Gasteiger partial charge is 0.490 e. The van der Waals surface area contributed by atoms with E-state index in [1.165, 1.54) is 36.2 Å². The summed E-state index contributed by atoms with van der Waals surface area (Å²) in [6.45, 7) is 3.63. The minimum atomic E-state index is -4.90. The summed E-state index contributed by atoms with van der Waals surface area (Å²) in [6, 6.07) is 9.52. The van der Waals surface area contributed by atoms with Gasteiger partial charge in [0.05, 0.1) is 43.5 Å². The molecule has 3 aromatic rings. The number of nitrogens with two attached hydrogens (primary N) is 1. The molecule has 0 radical (unpaired) electrons. The van der Waals surface area contributed by atoms with Gasteiger partial charge < -0.3 is 55.2 Å². The van der Waals surface area contributed by atoms with Gasteiger partial charge >= 0.3 is 6.18 Å². The molecule has 3 saturated carbocycles. The number of carbonyl (C=O) groups is 6. The topological polar surface area (TPSA) is 243 Å². The quantitative estimate of drug-likeness (QED) is 0.0504. The second-order valence-corrected chi connectivity index (χ2v) is 22.2. The molecule has 442 valence electrons. The van der Waals surface area contributed by atoms with Gasteiger partial charge in [0, 0.05) is 112 Å². The lowest BCUT2D eigenvalue weighted by Crippen LogP contribution is -2.48. The SMILES string of the molecule is C[C@H]1[C@@H](c2ccc(F)cc2OC2CC2)[C@H](C(=O)N(CCOCCCNC(=O)C2CCC(NC(=O)CCCOC3CCC(OCCNC(=O)[C@H]4CC(=O)N(C)[C@@H]4c4cccnc4)CC3)CC2)c2ccnc(C(N)=O)c2)O[C@@]1(C)C(F)(F)F. The standard InChI is InChI=1S/C58H76F4N8O11/c1-35-50(44-20-11-38(59)31-47(44)80-43-18-19-43)52(81-57(35,2)58(60,61)62)56(76)70(40-21-24-65-46(32-40)53(63)73)26-30-77-27-6-23-66-54(74)36-9-12-39(13-10-36)68-48(71)8-5-28-78-41-14-16-42(17-15-41)79-29-25-67-55(75)45-33-49(72)69(3)51(45)37-7-4-22-64-34-37/h4,7,11,20-22,24,31-32,34-36,39,41-43,45,50-52H,5-6,8-10,12-19,23,25-30,33H2,1-3H3,(H2,63,73)(H,66,74)(H,67,75)(H,68,71)/t35-,36?,39?,41?,42?,45-,50-,51+,52+,57+/m0/s1. The summed E-state index contributed by atoms with van der Waals surface area (Å²) in [4.78, 5) is 89.2. The fourth-order valence-corrected chi connectivity index (χ4v) is 11.6. The number of ether oxygens (including phenoxy) is 5. The van der Waals surface area contributed by atoms with Gasteiger partial charge in [0.15, 0.2) is 5.60 Å². The van der Waals surface area contributed by atoms with Gasteiger partial charge in [-0.3, -0.25) is 38.7 Å². The van der Waals surface area contributed by atoms with Crippen LogP contribution in [-0.2, 0) is 42.9 Å². The van der Waals surface area contributed by atoms with Crippen molar-refractivity contribution < 1.29 is 70.0 Å². The molecule has 4 heterocycles. The van der Waals surface area contributed by atoms with Crippen LogP contribution in [0.1, 0.15) is 137 Å². The van der Waals surface area contributed by atoms with E-state index in [1.54, 1.807) is 30.4 Å². The Kier molecular flexibility index (Phi) is 20.7. The molecule has 0 spiro atoms. The zero-order valence-electron chi connectivity index (χ0n) is 46.3. The van der Waals surface area contributed by atoms with E-state index in [-0.39, 0.29) is 109 Å². The number of pyridine rings is 2. The molecule has 3 aliphatic carbocycles. The summed E-state index contributed by atoms with van der Waals surface area (Å²) in [5.41, 5.74) is 3.68. The van der Waals surface area contributed by atoms with E-state index >= 15 is 0 Å². The van der Waals surface area contributed by atoms with Crippen LogP contribution in [0.5, 0.6) is 5.75 Å². The van der Waals surface area contributed by atoms with Crippen LogP contribution in [0.2, 0.25) is 0 Å². The zero-order valence-corrected chi connectivity index (χ0v) is 46.3. The van der Waals surface area contributed by atoms with Crippen LogP contribution in [0.15, 0.2) is 61.1 Å². The summed E-state index contributed by atoms with van der Waals surface area (Å²) >= 11 is 0. The van der Waals surface area contributed by atoms with Crippen LogP contribution >= 0.6 is 0 Å². The van der Waals surface area contributed by atoms with E-state index in [2.05, 4.69) is 25.9 Å². The van der Waals surface area contributed by atoms with Crippen molar-refractivity contribution in [1.29, 1.82) is 0 Å². The summed E-state index contributed by atoms with van der Waals surface area (Å²) in [7, 11) is 1.71. The van der Waals surface area contributed by atoms with Crippen molar-refractivity contribution >= 4 is 41.1 Å². The van der Waals surface area contributed by atoms with Crippen molar-refractivity contribution in [2.75, 3.05) is 58.0 Å². The number of alkyl halides is 3. The van der Waals surface area contributed by atoms with Gasteiger partial charge in [0.25, 0.3) is 11.8 Å². The van der Waals surface area contributed by atoms with E-state index in [0.29, 0.717) is 84.1 Å². The molecule has 2 aromatic heterocycles. The lowest BCUT2D eigenvalue weighted by atomic mass is 9.77. The maximum absolute atomic E-state index is 14.8. The number of amides is 6. The van der Waals surface area contributed by atoms with Crippen LogP contribution in [0, 0.1) is 23.6 Å². The maximum atomic E-state index is 14.8. The monoisotopic (exact) mass is 1140 g/mol. The predicted octanol–water partition coefficient (Wildman–Crippen LogP) is 6.39. The van der Waals surface area contributed by atoms with Crippen molar-refractivity contribution in [1.82, 2.24) is 30.8 Å². The molecule has 5 aliphatic rings. The van der Waals surface area contributed by atoms with E-state index in [4.69, 9.17) is 29.4 Å².